The van der Waals surface area contributed by atoms with Crippen LogP contribution in [-0.2, 0) is 10.7 Å². The number of rotatable bonds is 5. The van der Waals surface area contributed by atoms with E-state index >= 15 is 0 Å². The fourth-order valence-electron chi connectivity index (χ4n) is 2.44. The maximum absolute atomic E-state index is 11.1. The molecular weight excluding hydrogens is 317 g/mol. The molecule has 0 atom stereocenters. The van der Waals surface area contributed by atoms with Crippen molar-refractivity contribution in [2.75, 3.05) is 0 Å². The van der Waals surface area contributed by atoms with Gasteiger partial charge in [-0.25, -0.2) is 0 Å². The Kier molecular flexibility index (Phi) is 5.00. The highest BCUT2D eigenvalue weighted by Crippen LogP contribution is 2.41. The van der Waals surface area contributed by atoms with Gasteiger partial charge in [0.1, 0.15) is 17.2 Å². The van der Waals surface area contributed by atoms with Crippen LogP contribution < -0.4 is 4.74 Å². The fraction of sp³-hybridized carbons (Fsp3) is 0.250. The van der Waals surface area contributed by atoms with Gasteiger partial charge >= 0.3 is 7.60 Å². The second kappa shape index (κ2) is 6.62. The Balaban J connectivity index is 2.32. The summed E-state index contributed by atoms with van der Waals surface area (Å²) in [6.45, 7) is 5.41. The zero-order valence-electron chi connectivity index (χ0n) is 13.1. The van der Waals surface area contributed by atoms with Crippen LogP contribution in [0.2, 0.25) is 0 Å². The van der Waals surface area contributed by atoms with E-state index in [-0.39, 0.29) is 6.16 Å². The van der Waals surface area contributed by atoms with Gasteiger partial charge in [0.15, 0.2) is 0 Å². The van der Waals surface area contributed by atoms with Gasteiger partial charge in [-0.05, 0) is 66.4 Å². The average Bonchev–Trinajstić information content (AvgIpc) is 2.41. The van der Waals surface area contributed by atoms with Crippen LogP contribution in [0.15, 0.2) is 35.5 Å². The van der Waals surface area contributed by atoms with E-state index in [0.717, 1.165) is 11.1 Å². The van der Waals surface area contributed by atoms with Gasteiger partial charge in [0.2, 0.25) is 0 Å². The van der Waals surface area contributed by atoms with Crippen molar-refractivity contribution in [3.8, 4) is 11.5 Å². The van der Waals surface area contributed by atoms with Crippen molar-refractivity contribution in [1.29, 1.82) is 0 Å². The largest absolute Gasteiger partial charge is 0.457 e. The van der Waals surface area contributed by atoms with E-state index in [9.17, 15) is 9.47 Å². The molecule has 0 aliphatic heterocycles. The Labute approximate surface area is 134 Å². The first kappa shape index (κ1) is 17.3. The summed E-state index contributed by atoms with van der Waals surface area (Å²) in [5.41, 5.74) is 3.21. The van der Waals surface area contributed by atoms with Crippen LogP contribution in [0.5, 0.6) is 11.5 Å². The van der Waals surface area contributed by atoms with Crippen molar-refractivity contribution in [3.05, 3.63) is 57.5 Å². The van der Waals surface area contributed by atoms with Gasteiger partial charge in [0.25, 0.3) is 0 Å². The van der Waals surface area contributed by atoms with E-state index in [0.29, 0.717) is 28.3 Å². The predicted octanol–water partition coefficient (Wildman–Crippen LogP) is 4.48. The van der Waals surface area contributed by atoms with Crippen molar-refractivity contribution in [3.63, 3.8) is 0 Å². The summed E-state index contributed by atoms with van der Waals surface area (Å²) >= 11 is 0. The molecule has 0 fully saturated rings. The number of benzene rings is 2. The zero-order valence-corrected chi connectivity index (χ0v) is 14.0. The third-order valence-electron chi connectivity index (χ3n) is 3.40. The standard InChI is InChI=1S/C16H18NO5P/c1-10-8-14(4-5-15(10)17-18)22-16-11(2)6-13(7-12(16)3)9-23(19,20)21/h4-8H,9H2,1-3H3,(H2,19,20,21). The third-order valence-corrected chi connectivity index (χ3v) is 4.17. The monoisotopic (exact) mass is 335 g/mol. The molecule has 6 nitrogen and oxygen atoms in total. The Morgan fingerprint density at radius 1 is 1.04 bits per heavy atom. The molecule has 0 aliphatic carbocycles. The minimum absolute atomic E-state index is 0.298. The smallest absolute Gasteiger partial charge is 0.329 e. The normalized spacial score (nSPS) is 11.3. The maximum atomic E-state index is 11.1. The lowest BCUT2D eigenvalue weighted by atomic mass is 10.1. The molecule has 0 heterocycles. The summed E-state index contributed by atoms with van der Waals surface area (Å²) in [6, 6.07) is 8.38. The minimum Gasteiger partial charge on any atom is -0.457 e. The van der Waals surface area contributed by atoms with Gasteiger partial charge in [-0.3, -0.25) is 4.57 Å². The molecule has 23 heavy (non-hydrogen) atoms. The summed E-state index contributed by atoms with van der Waals surface area (Å²) in [4.78, 5) is 28.8. The van der Waals surface area contributed by atoms with E-state index in [4.69, 9.17) is 14.5 Å². The van der Waals surface area contributed by atoms with E-state index in [2.05, 4.69) is 5.18 Å². The second-order valence-electron chi connectivity index (χ2n) is 5.52. The molecule has 0 radical (unpaired) electrons. The molecular formula is C16H18NO5P. The van der Waals surface area contributed by atoms with Crippen LogP contribution in [0.3, 0.4) is 0 Å². The minimum atomic E-state index is -4.11. The van der Waals surface area contributed by atoms with Crippen LogP contribution in [0.1, 0.15) is 22.3 Å². The lowest BCUT2D eigenvalue weighted by Gasteiger charge is -2.15. The van der Waals surface area contributed by atoms with Crippen molar-refractivity contribution in [2.24, 2.45) is 5.18 Å². The number of nitrogens with zero attached hydrogens (tertiary/aromatic N) is 1. The summed E-state index contributed by atoms with van der Waals surface area (Å²) < 4.78 is 17.0. The summed E-state index contributed by atoms with van der Waals surface area (Å²) in [5.74, 6) is 1.20. The molecule has 0 bridgehead atoms. The molecule has 0 saturated carbocycles. The third kappa shape index (κ3) is 4.48. The molecule has 0 amide bonds. The van der Waals surface area contributed by atoms with E-state index in [1.54, 1.807) is 37.3 Å². The Morgan fingerprint density at radius 3 is 2.13 bits per heavy atom. The zero-order chi connectivity index (χ0) is 17.2. The molecule has 122 valence electrons. The number of nitroso groups, excluding NO2 is 1. The van der Waals surface area contributed by atoms with Crippen molar-refractivity contribution in [1.82, 2.24) is 0 Å². The van der Waals surface area contributed by atoms with E-state index in [1.807, 2.05) is 13.8 Å². The number of aryl methyl sites for hydroxylation is 3. The Bertz CT molecular complexity index is 774. The van der Waals surface area contributed by atoms with Gasteiger partial charge in [0, 0.05) is 0 Å². The Morgan fingerprint density at radius 2 is 1.65 bits per heavy atom. The molecule has 2 aromatic rings. The first-order valence-electron chi connectivity index (χ1n) is 6.96. The van der Waals surface area contributed by atoms with Crippen LogP contribution in [-0.4, -0.2) is 9.79 Å². The molecule has 0 unspecified atom stereocenters. The average molecular weight is 335 g/mol. The second-order valence-corrected chi connectivity index (χ2v) is 7.17. The first-order chi connectivity index (χ1) is 10.7. The first-order valence-corrected chi connectivity index (χ1v) is 8.76. The molecule has 7 heteroatoms. The van der Waals surface area contributed by atoms with E-state index in [1.165, 1.54) is 0 Å². The SMILES string of the molecule is Cc1cc(Oc2c(C)cc(CP(=O)(O)O)cc2C)ccc1N=O. The number of hydrogen-bond acceptors (Lipinski definition) is 4. The van der Waals surface area contributed by atoms with Gasteiger partial charge in [-0.15, -0.1) is 4.91 Å². The summed E-state index contributed by atoms with van der Waals surface area (Å²) in [5, 5.41) is 2.92. The van der Waals surface area contributed by atoms with Gasteiger partial charge in [-0.2, -0.15) is 0 Å². The summed E-state index contributed by atoms with van der Waals surface area (Å²) in [7, 11) is -4.11. The quantitative estimate of drug-likeness (QED) is 0.620. The van der Waals surface area contributed by atoms with Crippen molar-refractivity contribution in [2.45, 2.75) is 26.9 Å². The van der Waals surface area contributed by atoms with Crippen LogP contribution in [0.25, 0.3) is 0 Å². The van der Waals surface area contributed by atoms with Gasteiger partial charge < -0.3 is 14.5 Å². The molecule has 0 aliphatic rings. The van der Waals surface area contributed by atoms with Gasteiger partial charge in [0.05, 0.1) is 6.16 Å². The molecule has 0 aromatic heterocycles. The van der Waals surface area contributed by atoms with Crippen LogP contribution in [0.4, 0.5) is 5.69 Å². The lowest BCUT2D eigenvalue weighted by Crippen LogP contribution is -1.95. The van der Waals surface area contributed by atoms with Crippen LogP contribution in [0, 0.1) is 25.7 Å². The molecule has 2 aromatic carbocycles. The topological polar surface area (TPSA) is 96.2 Å². The highest BCUT2D eigenvalue weighted by Gasteiger charge is 2.16. The van der Waals surface area contributed by atoms with Crippen LogP contribution >= 0.6 is 7.60 Å². The highest BCUT2D eigenvalue weighted by molar-refractivity contribution is 7.50. The highest BCUT2D eigenvalue weighted by atomic mass is 31.2. The predicted molar refractivity (Wildman–Crippen MR) is 88.4 cm³/mol. The van der Waals surface area contributed by atoms with E-state index < -0.39 is 7.60 Å². The van der Waals surface area contributed by atoms with Gasteiger partial charge in [-0.1, -0.05) is 12.1 Å². The Hall–Kier alpha value is -2.01. The number of ether oxygens (including phenoxy) is 1. The maximum Gasteiger partial charge on any atom is 0.329 e. The van der Waals surface area contributed by atoms with Crippen molar-refractivity contribution >= 4 is 13.3 Å². The van der Waals surface area contributed by atoms with Crippen molar-refractivity contribution < 1.29 is 19.1 Å². The molecule has 0 saturated heterocycles. The molecule has 2 N–H and O–H groups in total. The lowest BCUT2D eigenvalue weighted by molar-refractivity contribution is 0.371. The molecule has 2 rings (SSSR count). The molecule has 0 spiro atoms. The fourth-order valence-corrected chi connectivity index (χ4v) is 3.10. The summed E-state index contributed by atoms with van der Waals surface area (Å²) in [6.07, 6.45) is -0.298. The number of hydrogen-bond donors (Lipinski definition) is 2.